The Labute approximate surface area is 121 Å². The molecule has 0 heterocycles. The van der Waals surface area contributed by atoms with Crippen molar-refractivity contribution in [3.8, 4) is 0 Å². The van der Waals surface area contributed by atoms with E-state index in [1.54, 1.807) is 6.92 Å². The van der Waals surface area contributed by atoms with E-state index < -0.39 is 34.5 Å². The summed E-state index contributed by atoms with van der Waals surface area (Å²) in [6.07, 6.45) is 0. The highest BCUT2D eigenvalue weighted by Crippen LogP contribution is 2.10. The summed E-state index contributed by atoms with van der Waals surface area (Å²) in [5.74, 6) is -2.08. The Hall–Kier alpha value is -1.97. The summed E-state index contributed by atoms with van der Waals surface area (Å²) in [6, 6.07) is 3.58. The van der Waals surface area contributed by atoms with Crippen molar-refractivity contribution in [2.45, 2.75) is 17.9 Å². The third-order valence-electron chi connectivity index (χ3n) is 2.55. The van der Waals surface area contributed by atoms with Crippen LogP contribution in [0.1, 0.15) is 17.3 Å². The average molecular weight is 316 g/mol. The van der Waals surface area contributed by atoms with Crippen molar-refractivity contribution >= 4 is 21.9 Å². The molecule has 116 valence electrons. The molecule has 1 aromatic rings. The lowest BCUT2D eigenvalue weighted by Crippen LogP contribution is -2.43. The van der Waals surface area contributed by atoms with E-state index in [1.807, 2.05) is 0 Å². The first-order valence-electron chi connectivity index (χ1n) is 6.06. The minimum absolute atomic E-state index is 0.00200. The van der Waals surface area contributed by atoms with E-state index in [0.29, 0.717) is 0 Å². The number of carbonyl (C=O) groups excluding carboxylic acids is 1. The zero-order valence-electron chi connectivity index (χ0n) is 11.2. The monoisotopic (exact) mass is 316 g/mol. The number of carboxylic acid groups (broad SMARTS) is 1. The van der Waals surface area contributed by atoms with Gasteiger partial charge in [0, 0.05) is 12.1 Å². The lowest BCUT2D eigenvalue weighted by atomic mass is 10.2. The van der Waals surface area contributed by atoms with Crippen molar-refractivity contribution in [3.63, 3.8) is 0 Å². The molecule has 0 saturated carbocycles. The first-order valence-corrected chi connectivity index (χ1v) is 7.54. The number of hydrogen-bond acceptors (Lipinski definition) is 5. The molecule has 0 unspecified atom stereocenters. The standard InChI is InChI=1S/C12H16N2O6S/c1-2-13-21(19,20)9-5-3-8(4-6-9)11(16)14-10(7-15)12(17)18/h3-6,10,13,15H,2,7H2,1H3,(H,14,16)(H,17,18)/t10-/m0/s1. The molecule has 0 fully saturated rings. The molecular weight excluding hydrogens is 300 g/mol. The van der Waals surface area contributed by atoms with Crippen molar-refractivity contribution in [2.24, 2.45) is 0 Å². The fourth-order valence-electron chi connectivity index (χ4n) is 1.49. The zero-order valence-corrected chi connectivity index (χ0v) is 12.1. The number of carboxylic acids is 1. The van der Waals surface area contributed by atoms with E-state index in [4.69, 9.17) is 10.2 Å². The number of hydrogen-bond donors (Lipinski definition) is 4. The van der Waals surface area contributed by atoms with E-state index >= 15 is 0 Å². The fraction of sp³-hybridized carbons (Fsp3) is 0.333. The van der Waals surface area contributed by atoms with Crippen LogP contribution >= 0.6 is 0 Å². The van der Waals surface area contributed by atoms with Crippen LogP contribution in [0.4, 0.5) is 0 Å². The first-order chi connectivity index (χ1) is 9.81. The summed E-state index contributed by atoms with van der Waals surface area (Å²) < 4.78 is 25.7. The molecule has 1 aromatic carbocycles. The predicted molar refractivity (Wildman–Crippen MR) is 73.3 cm³/mol. The van der Waals surface area contributed by atoms with Crippen LogP contribution in [0.5, 0.6) is 0 Å². The molecule has 9 heteroatoms. The molecular formula is C12H16N2O6S. The second kappa shape index (κ2) is 7.16. The Morgan fingerprint density at radius 1 is 1.24 bits per heavy atom. The van der Waals surface area contributed by atoms with Crippen LogP contribution in [0.15, 0.2) is 29.2 Å². The molecule has 8 nitrogen and oxygen atoms in total. The van der Waals surface area contributed by atoms with Gasteiger partial charge >= 0.3 is 5.97 Å². The summed E-state index contributed by atoms with van der Waals surface area (Å²) in [7, 11) is -3.61. The maximum absolute atomic E-state index is 11.8. The molecule has 0 aliphatic carbocycles. The Bertz CT molecular complexity index is 611. The molecule has 4 N–H and O–H groups in total. The third kappa shape index (κ3) is 4.52. The number of amides is 1. The van der Waals surface area contributed by atoms with Crippen molar-refractivity contribution in [3.05, 3.63) is 29.8 Å². The lowest BCUT2D eigenvalue weighted by Gasteiger charge is -2.12. The average Bonchev–Trinajstić information content (AvgIpc) is 2.44. The Morgan fingerprint density at radius 2 is 1.81 bits per heavy atom. The van der Waals surface area contributed by atoms with Gasteiger partial charge in [0.1, 0.15) is 0 Å². The molecule has 0 saturated heterocycles. The lowest BCUT2D eigenvalue weighted by molar-refractivity contribution is -0.140. The quantitative estimate of drug-likeness (QED) is 0.518. The summed E-state index contributed by atoms with van der Waals surface area (Å²) >= 11 is 0. The van der Waals surface area contributed by atoms with Crippen LogP contribution < -0.4 is 10.0 Å². The van der Waals surface area contributed by atoms with Crippen LogP contribution in [-0.4, -0.2) is 49.7 Å². The number of aliphatic carboxylic acids is 1. The highest BCUT2D eigenvalue weighted by molar-refractivity contribution is 7.89. The topological polar surface area (TPSA) is 133 Å². The maximum atomic E-state index is 11.8. The number of sulfonamides is 1. The van der Waals surface area contributed by atoms with E-state index in [-0.39, 0.29) is 17.0 Å². The second-order valence-corrected chi connectivity index (χ2v) is 5.84. The van der Waals surface area contributed by atoms with Crippen LogP contribution in [0.25, 0.3) is 0 Å². The maximum Gasteiger partial charge on any atom is 0.328 e. The smallest absolute Gasteiger partial charge is 0.328 e. The molecule has 21 heavy (non-hydrogen) atoms. The summed E-state index contributed by atoms with van der Waals surface area (Å²) in [5, 5.41) is 19.6. The molecule has 0 spiro atoms. The number of aliphatic hydroxyl groups excluding tert-OH is 1. The molecule has 0 aliphatic heterocycles. The largest absolute Gasteiger partial charge is 0.480 e. The van der Waals surface area contributed by atoms with E-state index in [2.05, 4.69) is 10.0 Å². The summed E-state index contributed by atoms with van der Waals surface area (Å²) in [4.78, 5) is 22.4. The van der Waals surface area contributed by atoms with E-state index in [0.717, 1.165) is 0 Å². The summed E-state index contributed by atoms with van der Waals surface area (Å²) in [6.45, 7) is 1.13. The Balaban J connectivity index is 2.88. The van der Waals surface area contributed by atoms with Crippen molar-refractivity contribution in [2.75, 3.05) is 13.2 Å². The fourth-order valence-corrected chi connectivity index (χ4v) is 2.53. The SMILES string of the molecule is CCNS(=O)(=O)c1ccc(C(=O)N[C@@H](CO)C(=O)O)cc1. The number of rotatable bonds is 7. The molecule has 0 aromatic heterocycles. The molecule has 1 amide bonds. The van der Waals surface area contributed by atoms with E-state index in [9.17, 15) is 18.0 Å². The number of aliphatic hydroxyl groups is 1. The van der Waals surface area contributed by atoms with E-state index in [1.165, 1.54) is 24.3 Å². The Morgan fingerprint density at radius 3 is 2.24 bits per heavy atom. The molecule has 1 atom stereocenters. The highest BCUT2D eigenvalue weighted by atomic mass is 32.2. The van der Waals surface area contributed by atoms with Gasteiger partial charge in [-0.3, -0.25) is 4.79 Å². The number of nitrogens with one attached hydrogen (secondary N) is 2. The molecule has 1 rings (SSSR count). The normalized spacial score (nSPS) is 12.7. The number of carbonyl (C=O) groups is 2. The van der Waals surface area contributed by atoms with Crippen LogP contribution in [0, 0.1) is 0 Å². The zero-order chi connectivity index (χ0) is 16.0. The predicted octanol–water partition coefficient (Wildman–Crippen LogP) is -0.840. The molecule has 0 radical (unpaired) electrons. The van der Waals surface area contributed by atoms with Crippen molar-refractivity contribution in [1.82, 2.24) is 10.0 Å². The minimum atomic E-state index is -3.61. The summed E-state index contributed by atoms with van der Waals surface area (Å²) in [5.41, 5.74) is 0.0881. The van der Waals surface area contributed by atoms with Gasteiger partial charge in [-0.1, -0.05) is 6.92 Å². The first kappa shape index (κ1) is 17.1. The van der Waals surface area contributed by atoms with Gasteiger partial charge in [-0.25, -0.2) is 17.9 Å². The van der Waals surface area contributed by atoms with Gasteiger partial charge in [-0.05, 0) is 24.3 Å². The Kier molecular flexibility index (Phi) is 5.82. The molecule has 0 aliphatic rings. The van der Waals surface area contributed by atoms with Crippen LogP contribution in [-0.2, 0) is 14.8 Å². The third-order valence-corrected chi connectivity index (χ3v) is 4.11. The van der Waals surface area contributed by atoms with Gasteiger partial charge in [0.2, 0.25) is 10.0 Å². The number of benzene rings is 1. The van der Waals surface area contributed by atoms with Gasteiger partial charge in [0.15, 0.2) is 6.04 Å². The minimum Gasteiger partial charge on any atom is -0.480 e. The van der Waals surface area contributed by atoms with Gasteiger partial charge in [0.05, 0.1) is 11.5 Å². The van der Waals surface area contributed by atoms with Crippen molar-refractivity contribution < 1.29 is 28.2 Å². The van der Waals surface area contributed by atoms with Crippen LogP contribution in [0.3, 0.4) is 0 Å². The second-order valence-electron chi connectivity index (χ2n) is 4.07. The van der Waals surface area contributed by atoms with Gasteiger partial charge in [-0.2, -0.15) is 0 Å². The molecule has 0 bridgehead atoms. The highest BCUT2D eigenvalue weighted by Gasteiger charge is 2.20. The van der Waals surface area contributed by atoms with Crippen molar-refractivity contribution in [1.29, 1.82) is 0 Å². The van der Waals surface area contributed by atoms with Crippen LogP contribution in [0.2, 0.25) is 0 Å². The van der Waals surface area contributed by atoms with Gasteiger partial charge in [0.25, 0.3) is 5.91 Å². The van der Waals surface area contributed by atoms with Gasteiger partial charge in [-0.15, -0.1) is 0 Å². The van der Waals surface area contributed by atoms with Gasteiger partial charge < -0.3 is 15.5 Å².